The summed E-state index contributed by atoms with van der Waals surface area (Å²) in [6, 6.07) is 0.113. The van der Waals surface area contributed by atoms with Crippen molar-refractivity contribution < 1.29 is 4.74 Å². The van der Waals surface area contributed by atoms with Crippen molar-refractivity contribution in [1.82, 2.24) is 5.32 Å². The SMILES string of the molecule is CC1=C(C)OC(C/C=C\C=C/[C@H](C)N)N1. The van der Waals surface area contributed by atoms with Gasteiger partial charge in [-0.3, -0.25) is 0 Å². The Bertz CT molecular complexity index is 276. The van der Waals surface area contributed by atoms with Crippen molar-refractivity contribution >= 4 is 0 Å². The van der Waals surface area contributed by atoms with E-state index in [0.29, 0.717) is 0 Å². The molecule has 3 nitrogen and oxygen atoms in total. The summed E-state index contributed by atoms with van der Waals surface area (Å²) in [5.74, 6) is 0.986. The van der Waals surface area contributed by atoms with E-state index < -0.39 is 0 Å². The van der Waals surface area contributed by atoms with E-state index in [4.69, 9.17) is 10.5 Å². The van der Waals surface area contributed by atoms with Crippen LogP contribution >= 0.6 is 0 Å². The minimum absolute atomic E-state index is 0.0879. The molecule has 2 atom stereocenters. The average molecular weight is 208 g/mol. The maximum absolute atomic E-state index is 5.57. The van der Waals surface area contributed by atoms with Crippen LogP contribution in [0.5, 0.6) is 0 Å². The van der Waals surface area contributed by atoms with Crippen molar-refractivity contribution in [1.29, 1.82) is 0 Å². The maximum Gasteiger partial charge on any atom is 0.172 e. The summed E-state index contributed by atoms with van der Waals surface area (Å²) < 4.78 is 5.57. The Morgan fingerprint density at radius 2 is 2.20 bits per heavy atom. The summed E-state index contributed by atoms with van der Waals surface area (Å²) in [6.07, 6.45) is 8.93. The quantitative estimate of drug-likeness (QED) is 0.695. The third-order valence-corrected chi connectivity index (χ3v) is 2.24. The molecule has 0 aromatic heterocycles. The van der Waals surface area contributed by atoms with Gasteiger partial charge in [-0.25, -0.2) is 0 Å². The first-order chi connectivity index (χ1) is 7.09. The van der Waals surface area contributed by atoms with E-state index in [-0.39, 0.29) is 12.3 Å². The van der Waals surface area contributed by atoms with Crippen LogP contribution in [0.4, 0.5) is 0 Å². The molecule has 84 valence electrons. The summed E-state index contributed by atoms with van der Waals surface area (Å²) in [5.41, 5.74) is 6.69. The standard InChI is InChI=1S/C12H20N2O/c1-9(13)7-5-4-6-8-12-14-10(2)11(3)15-12/h4-7,9,12,14H,8,13H2,1-3H3/b6-4-,7-5-/t9-,12?/m0/s1. The molecule has 1 aliphatic rings. The van der Waals surface area contributed by atoms with Gasteiger partial charge in [0.1, 0.15) is 5.76 Å². The number of hydrogen-bond acceptors (Lipinski definition) is 3. The van der Waals surface area contributed by atoms with Crippen LogP contribution in [0.1, 0.15) is 27.2 Å². The van der Waals surface area contributed by atoms with Crippen molar-refractivity contribution in [2.24, 2.45) is 5.73 Å². The number of hydrogen-bond donors (Lipinski definition) is 2. The van der Waals surface area contributed by atoms with E-state index in [1.165, 1.54) is 0 Å². The van der Waals surface area contributed by atoms with Crippen molar-refractivity contribution in [2.45, 2.75) is 39.5 Å². The summed E-state index contributed by atoms with van der Waals surface area (Å²) in [7, 11) is 0. The first-order valence-corrected chi connectivity index (χ1v) is 5.29. The molecular formula is C12H20N2O. The summed E-state index contributed by atoms with van der Waals surface area (Å²) >= 11 is 0. The van der Waals surface area contributed by atoms with E-state index in [2.05, 4.69) is 11.4 Å². The second-order valence-electron chi connectivity index (χ2n) is 3.84. The van der Waals surface area contributed by atoms with Crippen LogP contribution in [0.3, 0.4) is 0 Å². The minimum Gasteiger partial charge on any atom is -0.473 e. The van der Waals surface area contributed by atoms with Crippen LogP contribution in [0.2, 0.25) is 0 Å². The second-order valence-corrected chi connectivity index (χ2v) is 3.84. The highest BCUT2D eigenvalue weighted by Crippen LogP contribution is 2.16. The molecule has 15 heavy (non-hydrogen) atoms. The highest BCUT2D eigenvalue weighted by Gasteiger charge is 2.16. The van der Waals surface area contributed by atoms with Crippen molar-refractivity contribution in [3.8, 4) is 0 Å². The molecule has 1 aliphatic heterocycles. The van der Waals surface area contributed by atoms with Gasteiger partial charge in [-0.2, -0.15) is 0 Å². The van der Waals surface area contributed by atoms with Crippen LogP contribution in [-0.4, -0.2) is 12.3 Å². The summed E-state index contributed by atoms with van der Waals surface area (Å²) in [6.45, 7) is 5.94. The predicted octanol–water partition coefficient (Wildman–Crippen LogP) is 2.03. The van der Waals surface area contributed by atoms with Crippen LogP contribution in [-0.2, 0) is 4.74 Å². The average Bonchev–Trinajstić information content (AvgIpc) is 2.45. The molecule has 0 saturated carbocycles. The predicted molar refractivity (Wildman–Crippen MR) is 62.9 cm³/mol. The normalized spacial score (nSPS) is 23.6. The zero-order valence-corrected chi connectivity index (χ0v) is 9.66. The number of rotatable bonds is 4. The fourth-order valence-electron chi connectivity index (χ4n) is 1.30. The van der Waals surface area contributed by atoms with E-state index in [9.17, 15) is 0 Å². The Labute approximate surface area is 91.7 Å². The molecule has 1 rings (SSSR count). The molecule has 0 bridgehead atoms. The van der Waals surface area contributed by atoms with Gasteiger partial charge in [0.15, 0.2) is 6.23 Å². The first-order valence-electron chi connectivity index (χ1n) is 5.29. The van der Waals surface area contributed by atoms with Crippen LogP contribution < -0.4 is 11.1 Å². The smallest absolute Gasteiger partial charge is 0.172 e. The Kier molecular flexibility index (Phi) is 4.43. The van der Waals surface area contributed by atoms with Crippen LogP contribution in [0.15, 0.2) is 35.8 Å². The largest absolute Gasteiger partial charge is 0.473 e. The van der Waals surface area contributed by atoms with Gasteiger partial charge in [0.25, 0.3) is 0 Å². The van der Waals surface area contributed by atoms with Gasteiger partial charge in [-0.1, -0.05) is 24.3 Å². The van der Waals surface area contributed by atoms with Gasteiger partial charge in [0, 0.05) is 18.2 Å². The van der Waals surface area contributed by atoms with E-state index in [0.717, 1.165) is 17.9 Å². The number of allylic oxidation sites excluding steroid dienone is 4. The molecule has 3 heteroatoms. The molecular weight excluding hydrogens is 188 g/mol. The molecule has 1 heterocycles. The lowest BCUT2D eigenvalue weighted by atomic mass is 10.3. The van der Waals surface area contributed by atoms with Crippen LogP contribution in [0, 0.1) is 0 Å². The monoisotopic (exact) mass is 208 g/mol. The Morgan fingerprint density at radius 3 is 2.73 bits per heavy atom. The van der Waals surface area contributed by atoms with Gasteiger partial charge in [-0.05, 0) is 20.8 Å². The molecule has 1 unspecified atom stereocenters. The highest BCUT2D eigenvalue weighted by molar-refractivity contribution is 5.10. The minimum atomic E-state index is 0.0879. The second kappa shape index (κ2) is 5.61. The summed E-state index contributed by atoms with van der Waals surface area (Å²) in [5, 5.41) is 3.26. The van der Waals surface area contributed by atoms with Gasteiger partial charge in [0.2, 0.25) is 0 Å². The lowest BCUT2D eigenvalue weighted by Gasteiger charge is -2.09. The molecule has 0 aromatic carbocycles. The molecule has 0 radical (unpaired) electrons. The third kappa shape index (κ3) is 4.21. The first kappa shape index (κ1) is 11.9. The topological polar surface area (TPSA) is 47.3 Å². The van der Waals surface area contributed by atoms with Gasteiger partial charge in [0.05, 0.1) is 0 Å². The lowest BCUT2D eigenvalue weighted by Crippen LogP contribution is -2.22. The molecule has 3 N–H and O–H groups in total. The van der Waals surface area contributed by atoms with E-state index in [1.54, 1.807) is 0 Å². The fraction of sp³-hybridized carbons (Fsp3) is 0.500. The Morgan fingerprint density at radius 1 is 1.47 bits per heavy atom. The van der Waals surface area contributed by atoms with Gasteiger partial charge >= 0.3 is 0 Å². The third-order valence-electron chi connectivity index (χ3n) is 2.24. The van der Waals surface area contributed by atoms with Crippen molar-refractivity contribution in [3.63, 3.8) is 0 Å². The number of nitrogens with two attached hydrogens (primary N) is 1. The Balaban J connectivity index is 2.23. The zero-order valence-electron chi connectivity index (χ0n) is 9.66. The molecule has 0 aromatic rings. The highest BCUT2D eigenvalue weighted by atomic mass is 16.5. The zero-order chi connectivity index (χ0) is 11.3. The van der Waals surface area contributed by atoms with Gasteiger partial charge in [-0.15, -0.1) is 0 Å². The molecule has 0 spiro atoms. The lowest BCUT2D eigenvalue weighted by molar-refractivity contribution is 0.131. The maximum atomic E-state index is 5.57. The van der Waals surface area contributed by atoms with E-state index in [1.807, 2.05) is 39.0 Å². The van der Waals surface area contributed by atoms with Crippen LogP contribution in [0.25, 0.3) is 0 Å². The van der Waals surface area contributed by atoms with Crippen molar-refractivity contribution in [3.05, 3.63) is 35.8 Å². The molecule has 0 fully saturated rings. The number of nitrogens with one attached hydrogen (secondary N) is 1. The fourth-order valence-corrected chi connectivity index (χ4v) is 1.30. The Hall–Kier alpha value is -1.22. The number of ether oxygens (including phenoxy) is 1. The molecule has 0 saturated heterocycles. The summed E-state index contributed by atoms with van der Waals surface area (Å²) in [4.78, 5) is 0. The molecule has 0 amide bonds. The van der Waals surface area contributed by atoms with E-state index >= 15 is 0 Å². The van der Waals surface area contributed by atoms with Gasteiger partial charge < -0.3 is 15.8 Å². The van der Waals surface area contributed by atoms with Crippen molar-refractivity contribution in [2.75, 3.05) is 0 Å². The molecule has 0 aliphatic carbocycles.